The van der Waals surface area contributed by atoms with E-state index in [4.69, 9.17) is 4.98 Å². The molecule has 0 saturated heterocycles. The molecule has 2 aromatic heterocycles. The third-order valence-electron chi connectivity index (χ3n) is 7.24. The average molecular weight is 448 g/mol. The SMILES string of the molecule is CCC(CCC(=O)N1CCc2c([nH]c3nc(Cc4ccccc4)ccc23)C1)C(C)(C)C(=O)O. The molecule has 1 aliphatic rings. The third kappa shape index (κ3) is 4.80. The molecule has 6 nitrogen and oxygen atoms in total. The molecule has 4 rings (SSSR count). The normalized spacial score (nSPS) is 14.8. The van der Waals surface area contributed by atoms with Crippen LogP contribution in [0.2, 0.25) is 0 Å². The van der Waals surface area contributed by atoms with Gasteiger partial charge in [-0.3, -0.25) is 9.59 Å². The monoisotopic (exact) mass is 447 g/mol. The van der Waals surface area contributed by atoms with Gasteiger partial charge in [-0.15, -0.1) is 0 Å². The Bertz CT molecular complexity index is 1150. The van der Waals surface area contributed by atoms with Gasteiger partial charge in [0.2, 0.25) is 5.91 Å². The van der Waals surface area contributed by atoms with Crippen LogP contribution in [-0.4, -0.2) is 38.4 Å². The maximum Gasteiger partial charge on any atom is 0.309 e. The Balaban J connectivity index is 1.44. The first-order valence-corrected chi connectivity index (χ1v) is 11.8. The number of aliphatic carboxylic acids is 1. The highest BCUT2D eigenvalue weighted by Crippen LogP contribution is 2.34. The quantitative estimate of drug-likeness (QED) is 0.511. The maximum absolute atomic E-state index is 12.9. The van der Waals surface area contributed by atoms with E-state index >= 15 is 0 Å². The first-order chi connectivity index (χ1) is 15.8. The highest BCUT2D eigenvalue weighted by atomic mass is 16.4. The Morgan fingerprint density at radius 1 is 1.18 bits per heavy atom. The first kappa shape index (κ1) is 23.0. The predicted molar refractivity (Wildman–Crippen MR) is 129 cm³/mol. The lowest BCUT2D eigenvalue weighted by atomic mass is 9.75. The number of carbonyl (C=O) groups is 2. The Morgan fingerprint density at radius 3 is 2.64 bits per heavy atom. The van der Waals surface area contributed by atoms with Crippen LogP contribution < -0.4 is 0 Å². The molecular formula is C27H33N3O3. The largest absolute Gasteiger partial charge is 0.481 e. The van der Waals surface area contributed by atoms with Crippen LogP contribution in [0.1, 0.15) is 62.5 Å². The molecule has 1 aromatic carbocycles. The molecule has 0 saturated carbocycles. The molecule has 0 bridgehead atoms. The summed E-state index contributed by atoms with van der Waals surface area (Å²) in [6.45, 7) is 6.74. The summed E-state index contributed by atoms with van der Waals surface area (Å²) in [5.74, 6) is -0.738. The van der Waals surface area contributed by atoms with E-state index in [0.717, 1.165) is 41.7 Å². The number of pyridine rings is 1. The minimum Gasteiger partial charge on any atom is -0.481 e. The molecule has 0 spiro atoms. The van der Waals surface area contributed by atoms with Gasteiger partial charge in [0.15, 0.2) is 0 Å². The minimum absolute atomic E-state index is 0.0281. The van der Waals surface area contributed by atoms with E-state index in [9.17, 15) is 14.7 Å². The lowest BCUT2D eigenvalue weighted by Crippen LogP contribution is -2.37. The van der Waals surface area contributed by atoms with E-state index < -0.39 is 11.4 Å². The zero-order valence-electron chi connectivity index (χ0n) is 19.7. The van der Waals surface area contributed by atoms with E-state index in [-0.39, 0.29) is 11.8 Å². The summed E-state index contributed by atoms with van der Waals surface area (Å²) in [5.41, 5.74) is 4.63. The fourth-order valence-corrected chi connectivity index (χ4v) is 4.98. The Kier molecular flexibility index (Phi) is 6.54. The Hall–Kier alpha value is -3.15. The van der Waals surface area contributed by atoms with Gasteiger partial charge in [0, 0.05) is 36.2 Å². The summed E-state index contributed by atoms with van der Waals surface area (Å²) in [4.78, 5) is 34.8. The van der Waals surface area contributed by atoms with Gasteiger partial charge < -0.3 is 15.0 Å². The molecule has 0 aliphatic carbocycles. The lowest BCUT2D eigenvalue weighted by Gasteiger charge is -2.31. The summed E-state index contributed by atoms with van der Waals surface area (Å²) in [5, 5.41) is 10.7. The van der Waals surface area contributed by atoms with Gasteiger partial charge in [-0.2, -0.15) is 0 Å². The fourth-order valence-electron chi connectivity index (χ4n) is 4.98. The van der Waals surface area contributed by atoms with Crippen molar-refractivity contribution in [3.63, 3.8) is 0 Å². The minimum atomic E-state index is -0.829. The highest BCUT2D eigenvalue weighted by Gasteiger charge is 2.36. The number of aromatic amines is 1. The van der Waals surface area contributed by atoms with E-state index in [2.05, 4.69) is 29.2 Å². The molecule has 1 aliphatic heterocycles. The molecule has 1 amide bonds. The maximum atomic E-state index is 12.9. The van der Waals surface area contributed by atoms with Crippen molar-refractivity contribution in [1.29, 1.82) is 0 Å². The number of amides is 1. The molecule has 1 unspecified atom stereocenters. The predicted octanol–water partition coefficient (Wildman–Crippen LogP) is 4.96. The number of fused-ring (bicyclic) bond motifs is 3. The molecular weight excluding hydrogens is 414 g/mol. The summed E-state index contributed by atoms with van der Waals surface area (Å²) in [7, 11) is 0. The molecule has 0 fully saturated rings. The first-order valence-electron chi connectivity index (χ1n) is 11.8. The summed E-state index contributed by atoms with van der Waals surface area (Å²) < 4.78 is 0. The van der Waals surface area contributed by atoms with Gasteiger partial charge in [-0.05, 0) is 55.9 Å². The van der Waals surface area contributed by atoms with Crippen LogP contribution in [0, 0.1) is 11.3 Å². The van der Waals surface area contributed by atoms with Crippen molar-refractivity contribution >= 4 is 22.9 Å². The van der Waals surface area contributed by atoms with Crippen molar-refractivity contribution in [2.45, 2.75) is 59.4 Å². The number of benzene rings is 1. The second-order valence-electron chi connectivity index (χ2n) is 9.68. The van der Waals surface area contributed by atoms with Crippen molar-refractivity contribution in [2.24, 2.45) is 11.3 Å². The number of carboxylic acids is 1. The Morgan fingerprint density at radius 2 is 1.94 bits per heavy atom. The van der Waals surface area contributed by atoms with Crippen molar-refractivity contribution in [2.75, 3.05) is 6.54 Å². The van der Waals surface area contributed by atoms with E-state index in [0.29, 0.717) is 25.9 Å². The van der Waals surface area contributed by atoms with Gasteiger partial charge in [-0.25, -0.2) is 4.98 Å². The van der Waals surface area contributed by atoms with Crippen LogP contribution in [0.3, 0.4) is 0 Å². The zero-order valence-corrected chi connectivity index (χ0v) is 19.7. The average Bonchev–Trinajstić information content (AvgIpc) is 3.16. The number of carbonyl (C=O) groups excluding carboxylic acids is 1. The lowest BCUT2D eigenvalue weighted by molar-refractivity contribution is -0.151. The third-order valence-corrected chi connectivity index (χ3v) is 7.24. The smallest absolute Gasteiger partial charge is 0.309 e. The van der Waals surface area contributed by atoms with Crippen molar-refractivity contribution in [1.82, 2.24) is 14.9 Å². The van der Waals surface area contributed by atoms with Crippen molar-refractivity contribution in [3.8, 4) is 0 Å². The van der Waals surface area contributed by atoms with Crippen LogP contribution >= 0.6 is 0 Å². The van der Waals surface area contributed by atoms with Gasteiger partial charge in [0.1, 0.15) is 5.65 Å². The molecule has 174 valence electrons. The number of rotatable bonds is 8. The molecule has 6 heteroatoms. The number of nitrogens with zero attached hydrogens (tertiary/aromatic N) is 2. The van der Waals surface area contributed by atoms with Crippen LogP contribution in [0.4, 0.5) is 0 Å². The van der Waals surface area contributed by atoms with E-state index in [1.54, 1.807) is 13.8 Å². The second-order valence-corrected chi connectivity index (χ2v) is 9.68. The summed E-state index contributed by atoms with van der Waals surface area (Å²) >= 11 is 0. The number of carboxylic acid groups (broad SMARTS) is 1. The molecule has 33 heavy (non-hydrogen) atoms. The number of hydrogen-bond acceptors (Lipinski definition) is 3. The number of hydrogen-bond donors (Lipinski definition) is 2. The molecule has 3 heterocycles. The number of H-pyrrole nitrogens is 1. The second kappa shape index (κ2) is 9.38. The molecule has 0 radical (unpaired) electrons. The van der Waals surface area contributed by atoms with Crippen LogP contribution in [0.15, 0.2) is 42.5 Å². The summed E-state index contributed by atoms with van der Waals surface area (Å²) in [6, 6.07) is 14.5. The number of aromatic nitrogens is 2. The highest BCUT2D eigenvalue weighted by molar-refractivity contribution is 5.83. The van der Waals surface area contributed by atoms with Crippen LogP contribution in [0.25, 0.3) is 11.0 Å². The molecule has 3 aromatic rings. The van der Waals surface area contributed by atoms with Gasteiger partial charge >= 0.3 is 5.97 Å². The standard InChI is InChI=1S/C27H33N3O3/c1-4-19(27(2,3)26(32)33)10-13-24(31)30-15-14-21-22-12-11-20(16-18-8-6-5-7-9-18)28-25(22)29-23(21)17-30/h5-9,11-12,19H,4,10,13-17H2,1-3H3,(H,28,29)(H,32,33). The van der Waals surface area contributed by atoms with Gasteiger partial charge in [0.25, 0.3) is 0 Å². The zero-order chi connectivity index (χ0) is 23.6. The van der Waals surface area contributed by atoms with Crippen molar-refractivity contribution < 1.29 is 14.7 Å². The van der Waals surface area contributed by atoms with Crippen LogP contribution in [0.5, 0.6) is 0 Å². The van der Waals surface area contributed by atoms with Crippen molar-refractivity contribution in [3.05, 3.63) is 65.0 Å². The van der Waals surface area contributed by atoms with Gasteiger partial charge in [-0.1, -0.05) is 43.7 Å². The topological polar surface area (TPSA) is 86.3 Å². The molecule has 1 atom stereocenters. The Labute approximate surface area is 195 Å². The van der Waals surface area contributed by atoms with Gasteiger partial charge in [0.05, 0.1) is 12.0 Å². The van der Waals surface area contributed by atoms with Crippen LogP contribution in [-0.2, 0) is 29.0 Å². The van der Waals surface area contributed by atoms with E-state index in [1.807, 2.05) is 30.0 Å². The molecule has 2 N–H and O–H groups in total. The fraction of sp³-hybridized carbons (Fsp3) is 0.444. The number of nitrogens with one attached hydrogen (secondary N) is 1. The summed E-state index contributed by atoms with van der Waals surface area (Å²) in [6.07, 6.45) is 3.31. The van der Waals surface area contributed by atoms with E-state index in [1.165, 1.54) is 11.1 Å².